The topological polar surface area (TPSA) is 35.6 Å². The van der Waals surface area contributed by atoms with Gasteiger partial charge in [0.25, 0.3) is 0 Å². The zero-order chi connectivity index (χ0) is 13.4. The molecule has 0 saturated carbocycles. The van der Waals surface area contributed by atoms with Crippen LogP contribution >= 0.6 is 15.9 Å². The Kier molecular flexibility index (Phi) is 3.45. The molecule has 1 unspecified atom stereocenters. The lowest BCUT2D eigenvalue weighted by Crippen LogP contribution is -2.49. The molecule has 1 atom stereocenters. The Bertz CT molecular complexity index is 511. The van der Waals surface area contributed by atoms with Crippen LogP contribution in [-0.4, -0.2) is 48.1 Å². The number of hydrogen-bond acceptors (Lipinski definition) is 2. The SMILES string of the molecule is O=C1N(Cc2ccc(Br)cc2F)CC2CNCCN12. The average molecular weight is 328 g/mol. The van der Waals surface area contributed by atoms with Gasteiger partial charge in [0.15, 0.2) is 0 Å². The first kappa shape index (κ1) is 12.9. The molecule has 102 valence electrons. The molecule has 0 spiro atoms. The van der Waals surface area contributed by atoms with Gasteiger partial charge in [0.2, 0.25) is 0 Å². The van der Waals surface area contributed by atoms with Gasteiger partial charge in [-0.25, -0.2) is 9.18 Å². The third-order valence-electron chi connectivity index (χ3n) is 3.67. The lowest BCUT2D eigenvalue weighted by atomic mass is 10.2. The van der Waals surface area contributed by atoms with Gasteiger partial charge in [0.1, 0.15) is 5.82 Å². The minimum Gasteiger partial charge on any atom is -0.318 e. The molecule has 6 heteroatoms. The highest BCUT2D eigenvalue weighted by Gasteiger charge is 2.38. The van der Waals surface area contributed by atoms with Crippen molar-refractivity contribution < 1.29 is 9.18 Å². The maximum Gasteiger partial charge on any atom is 0.320 e. The van der Waals surface area contributed by atoms with Gasteiger partial charge in [-0.1, -0.05) is 22.0 Å². The van der Waals surface area contributed by atoms with Gasteiger partial charge in [0.05, 0.1) is 12.6 Å². The number of halogens is 2. The maximum absolute atomic E-state index is 13.8. The molecule has 2 saturated heterocycles. The van der Waals surface area contributed by atoms with E-state index in [9.17, 15) is 9.18 Å². The molecule has 2 amide bonds. The fourth-order valence-corrected chi connectivity index (χ4v) is 3.01. The second-order valence-electron chi connectivity index (χ2n) is 4.95. The fraction of sp³-hybridized carbons (Fsp3) is 0.462. The van der Waals surface area contributed by atoms with Gasteiger partial charge < -0.3 is 15.1 Å². The van der Waals surface area contributed by atoms with E-state index in [1.54, 1.807) is 17.0 Å². The summed E-state index contributed by atoms with van der Waals surface area (Å²) >= 11 is 3.23. The molecule has 0 radical (unpaired) electrons. The summed E-state index contributed by atoms with van der Waals surface area (Å²) in [5.41, 5.74) is 0.560. The van der Waals surface area contributed by atoms with Crippen molar-refractivity contribution in [3.63, 3.8) is 0 Å². The Balaban J connectivity index is 1.75. The molecule has 1 aromatic carbocycles. The molecule has 0 aliphatic carbocycles. The minimum atomic E-state index is -0.273. The number of hydrogen-bond donors (Lipinski definition) is 1. The first-order valence-corrected chi connectivity index (χ1v) is 7.14. The van der Waals surface area contributed by atoms with E-state index in [-0.39, 0.29) is 17.9 Å². The van der Waals surface area contributed by atoms with E-state index in [1.165, 1.54) is 6.07 Å². The average Bonchev–Trinajstić information content (AvgIpc) is 2.70. The second kappa shape index (κ2) is 5.09. The molecule has 2 aliphatic heterocycles. The molecule has 0 bridgehead atoms. The van der Waals surface area contributed by atoms with E-state index in [2.05, 4.69) is 21.2 Å². The van der Waals surface area contributed by atoms with Crippen LogP contribution in [-0.2, 0) is 6.54 Å². The van der Waals surface area contributed by atoms with E-state index in [0.29, 0.717) is 23.1 Å². The van der Waals surface area contributed by atoms with Crippen LogP contribution in [0.3, 0.4) is 0 Å². The van der Waals surface area contributed by atoms with Gasteiger partial charge in [-0.05, 0) is 12.1 Å². The Labute approximate surface area is 119 Å². The molecule has 2 fully saturated rings. The van der Waals surface area contributed by atoms with Gasteiger partial charge in [-0.15, -0.1) is 0 Å². The van der Waals surface area contributed by atoms with Crippen LogP contribution in [0.5, 0.6) is 0 Å². The number of rotatable bonds is 2. The van der Waals surface area contributed by atoms with E-state index in [1.807, 2.05) is 4.90 Å². The van der Waals surface area contributed by atoms with Crippen molar-refractivity contribution >= 4 is 22.0 Å². The van der Waals surface area contributed by atoms with Crippen LogP contribution in [0.4, 0.5) is 9.18 Å². The predicted molar refractivity (Wildman–Crippen MR) is 73.3 cm³/mol. The van der Waals surface area contributed by atoms with Crippen molar-refractivity contribution in [2.24, 2.45) is 0 Å². The van der Waals surface area contributed by atoms with Crippen molar-refractivity contribution in [2.75, 3.05) is 26.2 Å². The number of fused-ring (bicyclic) bond motifs is 1. The molecular formula is C13H15BrFN3O. The van der Waals surface area contributed by atoms with Crippen LogP contribution in [0, 0.1) is 5.82 Å². The summed E-state index contributed by atoms with van der Waals surface area (Å²) in [5.74, 6) is -0.273. The molecular weight excluding hydrogens is 313 g/mol. The molecule has 1 aromatic rings. The summed E-state index contributed by atoms with van der Waals surface area (Å²) in [6, 6.07) is 5.20. The van der Waals surface area contributed by atoms with Gasteiger partial charge in [-0.2, -0.15) is 0 Å². The first-order chi connectivity index (χ1) is 9.15. The fourth-order valence-electron chi connectivity index (χ4n) is 2.68. The first-order valence-electron chi connectivity index (χ1n) is 6.35. The molecule has 1 N–H and O–H groups in total. The Morgan fingerprint density at radius 3 is 3.05 bits per heavy atom. The third kappa shape index (κ3) is 2.47. The van der Waals surface area contributed by atoms with Crippen LogP contribution in [0.25, 0.3) is 0 Å². The normalized spacial score (nSPS) is 22.8. The van der Waals surface area contributed by atoms with Crippen LogP contribution < -0.4 is 5.32 Å². The monoisotopic (exact) mass is 327 g/mol. The summed E-state index contributed by atoms with van der Waals surface area (Å²) in [6.07, 6.45) is 0. The Hall–Kier alpha value is -1.14. The van der Waals surface area contributed by atoms with E-state index in [4.69, 9.17) is 0 Å². The number of urea groups is 1. The van der Waals surface area contributed by atoms with E-state index >= 15 is 0 Å². The number of nitrogens with one attached hydrogen (secondary N) is 1. The Morgan fingerprint density at radius 2 is 2.32 bits per heavy atom. The molecule has 19 heavy (non-hydrogen) atoms. The lowest BCUT2D eigenvalue weighted by molar-refractivity contribution is 0.178. The van der Waals surface area contributed by atoms with E-state index in [0.717, 1.165) is 19.6 Å². The number of benzene rings is 1. The van der Waals surface area contributed by atoms with Crippen molar-refractivity contribution in [2.45, 2.75) is 12.6 Å². The van der Waals surface area contributed by atoms with Crippen LogP contribution in [0.2, 0.25) is 0 Å². The summed E-state index contributed by atoms with van der Waals surface area (Å²) in [7, 11) is 0. The molecule has 4 nitrogen and oxygen atoms in total. The number of amides is 2. The predicted octanol–water partition coefficient (Wildman–Crippen LogP) is 1.80. The number of piperazine rings is 1. The largest absolute Gasteiger partial charge is 0.320 e. The molecule has 0 aromatic heterocycles. The van der Waals surface area contributed by atoms with Crippen LogP contribution in [0.15, 0.2) is 22.7 Å². The highest BCUT2D eigenvalue weighted by atomic mass is 79.9. The maximum atomic E-state index is 13.8. The molecule has 2 heterocycles. The standard InChI is InChI=1S/C13H15BrFN3O/c14-10-2-1-9(12(15)5-10)7-17-8-11-6-16-3-4-18(11)13(17)19/h1-2,5,11,16H,3-4,6-8H2. The number of carbonyl (C=O) groups excluding carboxylic acids is 1. The quantitative estimate of drug-likeness (QED) is 0.899. The van der Waals surface area contributed by atoms with Crippen molar-refractivity contribution in [3.05, 3.63) is 34.1 Å². The highest BCUT2D eigenvalue weighted by Crippen LogP contribution is 2.22. The van der Waals surface area contributed by atoms with Gasteiger partial charge in [0, 0.05) is 36.2 Å². The van der Waals surface area contributed by atoms with Crippen molar-refractivity contribution in [1.82, 2.24) is 15.1 Å². The highest BCUT2D eigenvalue weighted by molar-refractivity contribution is 9.10. The third-order valence-corrected chi connectivity index (χ3v) is 4.17. The van der Waals surface area contributed by atoms with Gasteiger partial charge >= 0.3 is 6.03 Å². The molecule has 3 rings (SSSR count). The summed E-state index contributed by atoms with van der Waals surface area (Å²) in [4.78, 5) is 15.8. The summed E-state index contributed by atoms with van der Waals surface area (Å²) < 4.78 is 14.5. The number of carbonyl (C=O) groups is 1. The summed E-state index contributed by atoms with van der Waals surface area (Å²) in [6.45, 7) is 3.41. The minimum absolute atomic E-state index is 0.0221. The lowest BCUT2D eigenvalue weighted by Gasteiger charge is -2.28. The zero-order valence-electron chi connectivity index (χ0n) is 10.4. The summed E-state index contributed by atoms with van der Waals surface area (Å²) in [5, 5.41) is 3.28. The smallest absolute Gasteiger partial charge is 0.318 e. The molecule has 2 aliphatic rings. The van der Waals surface area contributed by atoms with Crippen molar-refractivity contribution in [1.29, 1.82) is 0 Å². The second-order valence-corrected chi connectivity index (χ2v) is 5.87. The number of nitrogens with zero attached hydrogens (tertiary/aromatic N) is 2. The van der Waals surface area contributed by atoms with Crippen LogP contribution in [0.1, 0.15) is 5.56 Å². The van der Waals surface area contributed by atoms with Crippen molar-refractivity contribution in [3.8, 4) is 0 Å². The zero-order valence-corrected chi connectivity index (χ0v) is 12.0. The van der Waals surface area contributed by atoms with Gasteiger partial charge in [-0.3, -0.25) is 0 Å². The van der Waals surface area contributed by atoms with E-state index < -0.39 is 0 Å². The Morgan fingerprint density at radius 1 is 1.47 bits per heavy atom.